The summed E-state index contributed by atoms with van der Waals surface area (Å²) in [5, 5.41) is 9.17. The van der Waals surface area contributed by atoms with Gasteiger partial charge in [-0.3, -0.25) is 4.79 Å². The number of hydrogen-bond acceptors (Lipinski definition) is 6. The maximum atomic E-state index is 13.5. The molecular formula is C18H17F3N4O2S. The molecule has 1 aliphatic rings. The zero-order chi connectivity index (χ0) is 20.3. The molecule has 1 fully saturated rings. The zero-order valence-electron chi connectivity index (χ0n) is 15.0. The Balaban J connectivity index is 1.87. The molecule has 3 heterocycles. The normalized spacial score (nSPS) is 15.5. The summed E-state index contributed by atoms with van der Waals surface area (Å²) in [4.78, 5) is 20.3. The first-order valence-corrected chi connectivity index (χ1v) is 9.43. The number of nitrogens with zero attached hydrogens (tertiary/aromatic N) is 4. The molecule has 148 valence electrons. The van der Waals surface area contributed by atoms with Crippen molar-refractivity contribution in [1.82, 2.24) is 14.8 Å². The van der Waals surface area contributed by atoms with Crippen LogP contribution in [0.3, 0.4) is 0 Å². The molecule has 2 aromatic heterocycles. The Morgan fingerprint density at radius 1 is 1.36 bits per heavy atom. The number of carbonyl (C=O) groups is 1. The van der Waals surface area contributed by atoms with E-state index in [4.69, 9.17) is 4.42 Å². The molecule has 0 bridgehead atoms. The highest BCUT2D eigenvalue weighted by atomic mass is 32.2. The largest absolute Gasteiger partial charge is 0.463 e. The number of piperazine rings is 1. The molecule has 10 heteroatoms. The van der Waals surface area contributed by atoms with Crippen molar-refractivity contribution in [2.45, 2.75) is 11.2 Å². The van der Waals surface area contributed by atoms with Crippen LogP contribution in [0, 0.1) is 11.3 Å². The van der Waals surface area contributed by atoms with Gasteiger partial charge in [0.05, 0.1) is 23.1 Å². The van der Waals surface area contributed by atoms with Crippen molar-refractivity contribution in [1.29, 1.82) is 5.26 Å². The fourth-order valence-corrected chi connectivity index (χ4v) is 3.69. The monoisotopic (exact) mass is 410 g/mol. The van der Waals surface area contributed by atoms with Crippen molar-refractivity contribution in [3.8, 4) is 17.5 Å². The Hall–Kier alpha value is -2.51. The number of nitriles is 1. The molecule has 0 N–H and O–H groups in total. The minimum atomic E-state index is -4.73. The molecule has 1 amide bonds. The summed E-state index contributed by atoms with van der Waals surface area (Å²) in [5.74, 6) is -0.132. The quantitative estimate of drug-likeness (QED) is 0.722. The van der Waals surface area contributed by atoms with E-state index in [1.807, 2.05) is 7.05 Å². The lowest BCUT2D eigenvalue weighted by Crippen LogP contribution is -2.47. The molecule has 0 unspecified atom stereocenters. The summed E-state index contributed by atoms with van der Waals surface area (Å²) < 4.78 is 45.5. The number of likely N-dealkylation sites (N-methyl/N-ethyl adjacent to an activating group) is 1. The van der Waals surface area contributed by atoms with Crippen LogP contribution in [0.15, 0.2) is 33.9 Å². The second-order valence-corrected chi connectivity index (χ2v) is 7.26. The summed E-state index contributed by atoms with van der Waals surface area (Å²) in [5.41, 5.74) is -1.71. The lowest BCUT2D eigenvalue weighted by Gasteiger charge is -2.32. The number of carbonyl (C=O) groups excluding carboxylic acids is 1. The van der Waals surface area contributed by atoms with Gasteiger partial charge >= 0.3 is 6.18 Å². The van der Waals surface area contributed by atoms with Gasteiger partial charge < -0.3 is 14.2 Å². The van der Waals surface area contributed by atoms with Crippen LogP contribution in [0.25, 0.3) is 11.5 Å². The molecule has 6 nitrogen and oxygen atoms in total. The fraction of sp³-hybridized carbons (Fsp3) is 0.389. The highest BCUT2D eigenvalue weighted by Crippen LogP contribution is 2.38. The third kappa shape index (κ3) is 4.48. The molecule has 3 rings (SSSR count). The van der Waals surface area contributed by atoms with Gasteiger partial charge in [-0.05, 0) is 25.2 Å². The third-order valence-electron chi connectivity index (χ3n) is 4.37. The Morgan fingerprint density at radius 2 is 2.07 bits per heavy atom. The first kappa shape index (κ1) is 20.2. The smallest absolute Gasteiger partial charge is 0.417 e. The number of furan rings is 1. The van der Waals surface area contributed by atoms with Gasteiger partial charge in [0.1, 0.15) is 16.8 Å². The van der Waals surface area contributed by atoms with Crippen LogP contribution in [-0.2, 0) is 11.0 Å². The van der Waals surface area contributed by atoms with Gasteiger partial charge in [0, 0.05) is 26.2 Å². The van der Waals surface area contributed by atoms with E-state index < -0.39 is 17.3 Å². The number of pyridine rings is 1. The van der Waals surface area contributed by atoms with E-state index in [-0.39, 0.29) is 28.1 Å². The Bertz CT molecular complexity index is 885. The van der Waals surface area contributed by atoms with Crippen LogP contribution >= 0.6 is 11.8 Å². The lowest BCUT2D eigenvalue weighted by molar-refractivity contribution is -0.138. The Labute approximate surface area is 163 Å². The summed E-state index contributed by atoms with van der Waals surface area (Å²) in [7, 11) is 1.96. The number of amides is 1. The average Bonchev–Trinajstić information content (AvgIpc) is 3.20. The first-order valence-electron chi connectivity index (χ1n) is 8.45. The van der Waals surface area contributed by atoms with Crippen molar-refractivity contribution < 1.29 is 22.4 Å². The summed E-state index contributed by atoms with van der Waals surface area (Å²) in [6, 6.07) is 5.40. The minimum absolute atomic E-state index is 0.0362. The van der Waals surface area contributed by atoms with E-state index in [0.29, 0.717) is 13.1 Å². The molecule has 0 aliphatic carbocycles. The Kier molecular flexibility index (Phi) is 5.96. The van der Waals surface area contributed by atoms with E-state index in [1.165, 1.54) is 18.4 Å². The van der Waals surface area contributed by atoms with Gasteiger partial charge in [-0.2, -0.15) is 18.4 Å². The Morgan fingerprint density at radius 3 is 2.64 bits per heavy atom. The SMILES string of the molecule is CN1CCN(C(=O)CSc2nc(-c3ccco3)cc(C(F)(F)F)c2C#N)CC1. The highest BCUT2D eigenvalue weighted by molar-refractivity contribution is 8.00. The van der Waals surface area contributed by atoms with Crippen molar-refractivity contribution >= 4 is 17.7 Å². The average molecular weight is 410 g/mol. The van der Waals surface area contributed by atoms with Crippen molar-refractivity contribution in [3.05, 3.63) is 35.6 Å². The van der Waals surface area contributed by atoms with Crippen molar-refractivity contribution in [2.75, 3.05) is 39.0 Å². The summed E-state index contributed by atoms with van der Waals surface area (Å²) >= 11 is 0.836. The number of thioether (sulfide) groups is 1. The molecule has 1 aliphatic heterocycles. The van der Waals surface area contributed by atoms with Gasteiger partial charge in [-0.25, -0.2) is 4.98 Å². The standard InChI is InChI=1S/C18H17F3N4O2S/c1-24-4-6-25(7-5-24)16(26)11-28-17-12(10-22)13(18(19,20)21)9-14(23-17)15-3-2-8-27-15/h2-3,8-9H,4-7,11H2,1H3. The molecule has 1 saturated heterocycles. The van der Waals surface area contributed by atoms with E-state index in [2.05, 4.69) is 9.88 Å². The van der Waals surface area contributed by atoms with Crippen LogP contribution in [0.5, 0.6) is 0 Å². The summed E-state index contributed by atoms with van der Waals surface area (Å²) in [6.07, 6.45) is -3.40. The fourth-order valence-electron chi connectivity index (χ4n) is 2.79. The topological polar surface area (TPSA) is 73.4 Å². The zero-order valence-corrected chi connectivity index (χ0v) is 15.8. The second kappa shape index (κ2) is 8.24. The molecule has 28 heavy (non-hydrogen) atoms. The molecule has 0 radical (unpaired) electrons. The van der Waals surface area contributed by atoms with Crippen LogP contribution in [0.1, 0.15) is 11.1 Å². The van der Waals surface area contributed by atoms with Crippen LogP contribution in [0.2, 0.25) is 0 Å². The number of rotatable bonds is 4. The molecule has 2 aromatic rings. The number of alkyl halides is 3. The minimum Gasteiger partial charge on any atom is -0.463 e. The summed E-state index contributed by atoms with van der Waals surface area (Å²) in [6.45, 7) is 2.61. The van der Waals surface area contributed by atoms with Crippen LogP contribution in [0.4, 0.5) is 13.2 Å². The van der Waals surface area contributed by atoms with E-state index >= 15 is 0 Å². The predicted molar refractivity (Wildman–Crippen MR) is 96.5 cm³/mol. The van der Waals surface area contributed by atoms with Crippen molar-refractivity contribution in [3.63, 3.8) is 0 Å². The maximum absolute atomic E-state index is 13.5. The van der Waals surface area contributed by atoms with Crippen LogP contribution in [-0.4, -0.2) is 59.7 Å². The molecule has 0 spiro atoms. The molecular weight excluding hydrogens is 393 g/mol. The van der Waals surface area contributed by atoms with Gasteiger partial charge in [0.15, 0.2) is 5.76 Å². The highest BCUT2D eigenvalue weighted by Gasteiger charge is 2.36. The van der Waals surface area contributed by atoms with Gasteiger partial charge in [0.2, 0.25) is 5.91 Å². The van der Waals surface area contributed by atoms with Gasteiger partial charge in [0.25, 0.3) is 0 Å². The first-order chi connectivity index (χ1) is 13.3. The lowest BCUT2D eigenvalue weighted by atomic mass is 10.1. The van der Waals surface area contributed by atoms with Gasteiger partial charge in [-0.1, -0.05) is 11.8 Å². The maximum Gasteiger partial charge on any atom is 0.417 e. The number of halogens is 3. The van der Waals surface area contributed by atoms with Crippen LogP contribution < -0.4 is 0 Å². The predicted octanol–water partition coefficient (Wildman–Crippen LogP) is 3.10. The van der Waals surface area contributed by atoms with E-state index in [9.17, 15) is 23.2 Å². The molecule has 0 aromatic carbocycles. The molecule has 0 atom stereocenters. The third-order valence-corrected chi connectivity index (χ3v) is 5.33. The van der Waals surface area contributed by atoms with E-state index in [0.717, 1.165) is 30.9 Å². The van der Waals surface area contributed by atoms with E-state index in [1.54, 1.807) is 11.0 Å². The number of aromatic nitrogens is 1. The molecule has 0 saturated carbocycles. The number of hydrogen-bond donors (Lipinski definition) is 0. The van der Waals surface area contributed by atoms with Crippen molar-refractivity contribution in [2.24, 2.45) is 0 Å². The second-order valence-electron chi connectivity index (χ2n) is 6.29. The van der Waals surface area contributed by atoms with Gasteiger partial charge in [-0.15, -0.1) is 0 Å².